The fraction of sp³-hybridized carbons (Fsp3) is 0.667. The molecule has 1 fully saturated rings. The summed E-state index contributed by atoms with van der Waals surface area (Å²) < 4.78 is 11.7. The zero-order valence-corrected chi connectivity index (χ0v) is 13.7. The van der Waals surface area contributed by atoms with E-state index in [9.17, 15) is 0 Å². The van der Waals surface area contributed by atoms with Gasteiger partial charge >= 0.3 is 0 Å². The molecule has 1 aliphatic rings. The highest BCUT2D eigenvalue weighted by Crippen LogP contribution is 2.35. The highest BCUT2D eigenvalue weighted by atomic mass is 16.5. The van der Waals surface area contributed by atoms with Crippen LogP contribution >= 0.6 is 0 Å². The molecule has 1 saturated carbocycles. The lowest BCUT2D eigenvalue weighted by Crippen LogP contribution is -2.46. The summed E-state index contributed by atoms with van der Waals surface area (Å²) in [5.74, 6) is 1.65. The minimum Gasteiger partial charge on any atom is -0.497 e. The van der Waals surface area contributed by atoms with E-state index in [1.165, 1.54) is 18.4 Å². The zero-order valence-electron chi connectivity index (χ0n) is 13.7. The molecule has 0 heterocycles. The van der Waals surface area contributed by atoms with Crippen molar-refractivity contribution >= 4 is 0 Å². The predicted octanol–water partition coefficient (Wildman–Crippen LogP) is 3.77. The van der Waals surface area contributed by atoms with E-state index in [-0.39, 0.29) is 5.60 Å². The molecule has 0 amide bonds. The van der Waals surface area contributed by atoms with Gasteiger partial charge in [-0.05, 0) is 43.0 Å². The van der Waals surface area contributed by atoms with E-state index in [2.05, 4.69) is 31.3 Å². The van der Waals surface area contributed by atoms with Crippen molar-refractivity contribution in [2.24, 2.45) is 5.92 Å². The number of hydrogen-bond donors (Lipinski definition) is 1. The van der Waals surface area contributed by atoms with Crippen LogP contribution in [-0.4, -0.2) is 25.8 Å². The number of nitrogens with one attached hydrogen (secondary N) is 1. The Kier molecular flexibility index (Phi) is 6.07. The van der Waals surface area contributed by atoms with Crippen molar-refractivity contribution in [3.05, 3.63) is 29.8 Å². The molecular formula is C18H29NO2. The number of methoxy groups -OCH3 is 1. The molecule has 0 aromatic heterocycles. The second-order valence-corrected chi connectivity index (χ2v) is 6.31. The normalized spacial score (nSPS) is 25.8. The van der Waals surface area contributed by atoms with E-state index in [4.69, 9.17) is 9.47 Å². The first kappa shape index (κ1) is 16.3. The summed E-state index contributed by atoms with van der Waals surface area (Å²) in [7, 11) is 1.70. The van der Waals surface area contributed by atoms with E-state index >= 15 is 0 Å². The molecule has 2 unspecified atom stereocenters. The number of likely N-dealkylation sites (N-methyl/N-ethyl adjacent to an activating group) is 1. The summed E-state index contributed by atoms with van der Waals surface area (Å²) in [6.45, 7) is 7.11. The fourth-order valence-electron chi connectivity index (χ4n) is 3.31. The number of benzene rings is 1. The van der Waals surface area contributed by atoms with Crippen LogP contribution in [0, 0.1) is 5.92 Å². The number of hydrogen-bond acceptors (Lipinski definition) is 3. The van der Waals surface area contributed by atoms with Crippen molar-refractivity contribution in [2.75, 3.05) is 20.2 Å². The van der Waals surface area contributed by atoms with E-state index in [1.54, 1.807) is 7.11 Å². The van der Waals surface area contributed by atoms with Gasteiger partial charge in [0.25, 0.3) is 0 Å². The first-order valence-electron chi connectivity index (χ1n) is 8.15. The molecule has 1 aliphatic carbocycles. The Labute approximate surface area is 129 Å². The minimum absolute atomic E-state index is 0.00322. The SMILES string of the molecule is CCNCC1(OCc2cccc(OC)c2)CCCC(C)C1. The maximum atomic E-state index is 6.41. The van der Waals surface area contributed by atoms with E-state index in [0.717, 1.165) is 37.6 Å². The largest absolute Gasteiger partial charge is 0.497 e. The van der Waals surface area contributed by atoms with Crippen LogP contribution in [0.5, 0.6) is 5.75 Å². The van der Waals surface area contributed by atoms with Crippen LogP contribution in [0.25, 0.3) is 0 Å². The first-order chi connectivity index (χ1) is 10.2. The molecule has 3 heteroatoms. The lowest BCUT2D eigenvalue weighted by atomic mass is 9.78. The predicted molar refractivity (Wildman–Crippen MR) is 86.7 cm³/mol. The van der Waals surface area contributed by atoms with Crippen LogP contribution in [0.2, 0.25) is 0 Å². The van der Waals surface area contributed by atoms with Crippen LogP contribution in [0.4, 0.5) is 0 Å². The summed E-state index contributed by atoms with van der Waals surface area (Å²) >= 11 is 0. The lowest BCUT2D eigenvalue weighted by molar-refractivity contribution is -0.0887. The van der Waals surface area contributed by atoms with Gasteiger partial charge in [0.05, 0.1) is 19.3 Å². The Morgan fingerprint density at radius 3 is 2.95 bits per heavy atom. The summed E-state index contributed by atoms with van der Waals surface area (Å²) in [6.07, 6.45) is 4.92. The van der Waals surface area contributed by atoms with Crippen LogP contribution < -0.4 is 10.1 Å². The molecule has 3 nitrogen and oxygen atoms in total. The molecule has 118 valence electrons. The number of rotatable bonds is 7. The molecule has 1 aromatic carbocycles. The first-order valence-corrected chi connectivity index (χ1v) is 8.15. The highest BCUT2D eigenvalue weighted by molar-refractivity contribution is 5.27. The molecule has 0 bridgehead atoms. The van der Waals surface area contributed by atoms with Gasteiger partial charge in [-0.1, -0.05) is 38.8 Å². The Morgan fingerprint density at radius 2 is 2.24 bits per heavy atom. The molecule has 2 atom stereocenters. The Hall–Kier alpha value is -1.06. The average Bonchev–Trinajstić information content (AvgIpc) is 2.51. The van der Waals surface area contributed by atoms with Crippen LogP contribution in [0.1, 0.15) is 45.1 Å². The van der Waals surface area contributed by atoms with Crippen molar-refractivity contribution in [1.82, 2.24) is 5.32 Å². The maximum absolute atomic E-state index is 6.41. The minimum atomic E-state index is -0.00322. The third-order valence-corrected chi connectivity index (χ3v) is 4.43. The Bertz CT molecular complexity index is 435. The van der Waals surface area contributed by atoms with E-state index < -0.39 is 0 Å². The van der Waals surface area contributed by atoms with Crippen molar-refractivity contribution in [2.45, 2.75) is 51.7 Å². The van der Waals surface area contributed by atoms with Gasteiger partial charge in [-0.3, -0.25) is 0 Å². The summed E-state index contributed by atoms with van der Waals surface area (Å²) in [5.41, 5.74) is 1.18. The molecule has 21 heavy (non-hydrogen) atoms. The van der Waals surface area contributed by atoms with Crippen molar-refractivity contribution in [3.63, 3.8) is 0 Å². The van der Waals surface area contributed by atoms with Gasteiger partial charge in [0, 0.05) is 6.54 Å². The van der Waals surface area contributed by atoms with Gasteiger partial charge in [-0.2, -0.15) is 0 Å². The standard InChI is InChI=1S/C18H29NO2/c1-4-19-14-18(10-6-7-15(2)12-18)21-13-16-8-5-9-17(11-16)20-3/h5,8-9,11,15,19H,4,6-7,10,12-14H2,1-3H3. The monoisotopic (exact) mass is 291 g/mol. The van der Waals surface area contributed by atoms with Crippen molar-refractivity contribution in [3.8, 4) is 5.75 Å². The summed E-state index contributed by atoms with van der Waals surface area (Å²) in [4.78, 5) is 0. The molecule has 0 aliphatic heterocycles. The Balaban J connectivity index is 2.00. The zero-order chi connectivity index (χ0) is 15.1. The molecule has 0 spiro atoms. The van der Waals surface area contributed by atoms with Crippen LogP contribution in [0.3, 0.4) is 0 Å². The molecule has 0 radical (unpaired) electrons. The Morgan fingerprint density at radius 1 is 1.38 bits per heavy atom. The fourth-order valence-corrected chi connectivity index (χ4v) is 3.31. The molecule has 0 saturated heterocycles. The van der Waals surface area contributed by atoms with Gasteiger partial charge in [0.15, 0.2) is 0 Å². The summed E-state index contributed by atoms with van der Waals surface area (Å²) in [6, 6.07) is 8.17. The van der Waals surface area contributed by atoms with Gasteiger partial charge in [-0.15, -0.1) is 0 Å². The van der Waals surface area contributed by atoms with Gasteiger partial charge in [-0.25, -0.2) is 0 Å². The average molecular weight is 291 g/mol. The number of ether oxygens (including phenoxy) is 2. The highest BCUT2D eigenvalue weighted by Gasteiger charge is 2.35. The van der Waals surface area contributed by atoms with Gasteiger partial charge < -0.3 is 14.8 Å². The van der Waals surface area contributed by atoms with Crippen LogP contribution in [-0.2, 0) is 11.3 Å². The van der Waals surface area contributed by atoms with Gasteiger partial charge in [0.1, 0.15) is 5.75 Å². The second kappa shape index (κ2) is 7.81. The summed E-state index contributed by atoms with van der Waals surface area (Å²) in [5, 5.41) is 3.49. The van der Waals surface area contributed by atoms with E-state index in [1.807, 2.05) is 12.1 Å². The topological polar surface area (TPSA) is 30.5 Å². The smallest absolute Gasteiger partial charge is 0.119 e. The third-order valence-electron chi connectivity index (χ3n) is 4.43. The van der Waals surface area contributed by atoms with Gasteiger partial charge in [0.2, 0.25) is 0 Å². The molecule has 2 rings (SSSR count). The van der Waals surface area contributed by atoms with E-state index in [0.29, 0.717) is 6.61 Å². The molecule has 1 aromatic rings. The second-order valence-electron chi connectivity index (χ2n) is 6.31. The van der Waals surface area contributed by atoms with Crippen LogP contribution in [0.15, 0.2) is 24.3 Å². The third kappa shape index (κ3) is 4.72. The lowest BCUT2D eigenvalue weighted by Gasteiger charge is -2.40. The molecular weight excluding hydrogens is 262 g/mol. The van der Waals surface area contributed by atoms with Crippen molar-refractivity contribution in [1.29, 1.82) is 0 Å². The van der Waals surface area contributed by atoms with Crippen molar-refractivity contribution < 1.29 is 9.47 Å². The quantitative estimate of drug-likeness (QED) is 0.829. The maximum Gasteiger partial charge on any atom is 0.119 e. The molecule has 1 N–H and O–H groups in total.